The average Bonchev–Trinajstić information content (AvgIpc) is 3.63. The van der Waals surface area contributed by atoms with E-state index < -0.39 is 23.4 Å². The molecule has 0 saturated carbocycles. The van der Waals surface area contributed by atoms with E-state index in [2.05, 4.69) is 10.3 Å². The number of ether oxygens (including phenoxy) is 2. The molecule has 1 aliphatic heterocycles. The van der Waals surface area contributed by atoms with Crippen LogP contribution in [0.1, 0.15) is 23.2 Å². The smallest absolute Gasteiger partial charge is 0.254 e. The molecule has 206 valence electrons. The number of nitrogens with zero attached hydrogens (tertiary/aromatic N) is 3. The number of aromatic nitrogens is 2. The van der Waals surface area contributed by atoms with Gasteiger partial charge in [-0.25, -0.2) is 13.8 Å². The van der Waals surface area contributed by atoms with Crippen LogP contribution in [0.2, 0.25) is 0 Å². The quantitative estimate of drug-likeness (QED) is 0.316. The molecule has 10 heteroatoms. The number of hydrogen-bond acceptors (Lipinski definition) is 5. The van der Waals surface area contributed by atoms with Gasteiger partial charge in [-0.3, -0.25) is 19.5 Å². The summed E-state index contributed by atoms with van der Waals surface area (Å²) < 4.78 is 39.7. The molecule has 8 nitrogen and oxygen atoms in total. The Labute approximate surface area is 230 Å². The monoisotopic (exact) mass is 546 g/mol. The molecule has 4 aromatic rings. The van der Waals surface area contributed by atoms with Crippen molar-refractivity contribution in [2.45, 2.75) is 18.9 Å². The lowest BCUT2D eigenvalue weighted by atomic mass is 10.1. The van der Waals surface area contributed by atoms with Gasteiger partial charge < -0.3 is 14.4 Å². The van der Waals surface area contributed by atoms with Crippen molar-refractivity contribution >= 4 is 17.8 Å². The lowest BCUT2D eigenvalue weighted by molar-refractivity contribution is -0.117. The first-order chi connectivity index (χ1) is 19.4. The van der Waals surface area contributed by atoms with Gasteiger partial charge >= 0.3 is 0 Å². The number of amides is 2. The normalized spacial score (nSPS) is 14.6. The number of halogens is 2. The SMILES string of the molecule is COc1ccc(-c2cn(-c3ccc(F)cc3)c(NC(=O)CN(C[C@H]3CCCO3)C(=O)c3ccc(F)cc3)n2)cc1. The van der Waals surface area contributed by atoms with Crippen molar-refractivity contribution < 1.29 is 27.8 Å². The zero-order chi connectivity index (χ0) is 28.1. The molecule has 1 aliphatic rings. The highest BCUT2D eigenvalue weighted by molar-refractivity contribution is 5.99. The summed E-state index contributed by atoms with van der Waals surface area (Å²) in [6.07, 6.45) is 3.19. The molecule has 0 spiro atoms. The van der Waals surface area contributed by atoms with E-state index in [4.69, 9.17) is 9.47 Å². The summed E-state index contributed by atoms with van der Waals surface area (Å²) in [4.78, 5) is 32.6. The lowest BCUT2D eigenvalue weighted by Gasteiger charge is -2.25. The maximum Gasteiger partial charge on any atom is 0.254 e. The zero-order valence-electron chi connectivity index (χ0n) is 21.8. The lowest BCUT2D eigenvalue weighted by Crippen LogP contribution is -2.42. The van der Waals surface area contributed by atoms with Crippen LogP contribution in [0.4, 0.5) is 14.7 Å². The van der Waals surface area contributed by atoms with Gasteiger partial charge in [0.25, 0.3) is 5.91 Å². The minimum Gasteiger partial charge on any atom is -0.497 e. The fourth-order valence-electron chi connectivity index (χ4n) is 4.53. The summed E-state index contributed by atoms with van der Waals surface area (Å²) in [5.41, 5.74) is 2.20. The third kappa shape index (κ3) is 6.35. The second-order valence-electron chi connectivity index (χ2n) is 9.40. The maximum absolute atomic E-state index is 13.6. The Balaban J connectivity index is 1.41. The number of carbonyl (C=O) groups is 2. The molecule has 0 bridgehead atoms. The van der Waals surface area contributed by atoms with Crippen molar-refractivity contribution in [3.8, 4) is 22.7 Å². The van der Waals surface area contributed by atoms with E-state index in [1.807, 2.05) is 12.1 Å². The largest absolute Gasteiger partial charge is 0.497 e. The highest BCUT2D eigenvalue weighted by Crippen LogP contribution is 2.26. The Hall–Kier alpha value is -4.57. The third-order valence-electron chi connectivity index (χ3n) is 6.61. The fourth-order valence-corrected chi connectivity index (χ4v) is 4.53. The summed E-state index contributed by atoms with van der Waals surface area (Å²) in [5.74, 6) is -0.856. The van der Waals surface area contributed by atoms with Gasteiger partial charge in [0.05, 0.1) is 18.9 Å². The molecule has 1 fully saturated rings. The predicted molar refractivity (Wildman–Crippen MR) is 145 cm³/mol. The highest BCUT2D eigenvalue weighted by atomic mass is 19.1. The maximum atomic E-state index is 13.6. The van der Waals surface area contributed by atoms with Crippen molar-refractivity contribution in [3.63, 3.8) is 0 Å². The average molecular weight is 547 g/mol. The number of imidazole rings is 1. The predicted octanol–water partition coefficient (Wildman–Crippen LogP) is 5.09. The van der Waals surface area contributed by atoms with E-state index in [9.17, 15) is 18.4 Å². The molecule has 5 rings (SSSR count). The van der Waals surface area contributed by atoms with Gasteiger partial charge in [-0.15, -0.1) is 0 Å². The van der Waals surface area contributed by atoms with E-state index in [-0.39, 0.29) is 30.7 Å². The Kier molecular flexibility index (Phi) is 8.16. The summed E-state index contributed by atoms with van der Waals surface area (Å²) in [6, 6.07) is 18.3. The van der Waals surface area contributed by atoms with E-state index in [1.54, 1.807) is 42.1 Å². The molecule has 40 heavy (non-hydrogen) atoms. The second-order valence-corrected chi connectivity index (χ2v) is 9.40. The molecule has 1 aromatic heterocycles. The van der Waals surface area contributed by atoms with E-state index in [0.29, 0.717) is 23.7 Å². The van der Waals surface area contributed by atoms with Crippen LogP contribution in [0.25, 0.3) is 16.9 Å². The molecule has 2 amide bonds. The second kappa shape index (κ2) is 12.1. The fraction of sp³-hybridized carbons (Fsp3) is 0.233. The molecule has 1 atom stereocenters. The number of carbonyl (C=O) groups excluding carboxylic acids is 2. The van der Waals surface area contributed by atoms with Crippen LogP contribution in [-0.2, 0) is 9.53 Å². The molecule has 3 aromatic carbocycles. The van der Waals surface area contributed by atoms with Crippen molar-refractivity contribution in [3.05, 3.63) is 96.2 Å². The molecular formula is C30H28F2N4O4. The van der Waals surface area contributed by atoms with E-state index in [0.717, 1.165) is 18.4 Å². The van der Waals surface area contributed by atoms with Gasteiger partial charge in [0, 0.05) is 36.2 Å². The first-order valence-electron chi connectivity index (χ1n) is 12.9. The molecule has 0 aliphatic carbocycles. The number of nitrogens with one attached hydrogen (secondary N) is 1. The van der Waals surface area contributed by atoms with Crippen LogP contribution in [-0.4, -0.2) is 59.2 Å². The van der Waals surface area contributed by atoms with Crippen molar-refractivity contribution in [2.24, 2.45) is 0 Å². The Bertz CT molecular complexity index is 1470. The first-order valence-corrected chi connectivity index (χ1v) is 12.9. The van der Waals surface area contributed by atoms with Crippen LogP contribution in [0.15, 0.2) is 79.0 Å². The topological polar surface area (TPSA) is 85.7 Å². The minimum atomic E-state index is -0.483. The van der Waals surface area contributed by atoms with Gasteiger partial charge in [-0.1, -0.05) is 0 Å². The van der Waals surface area contributed by atoms with Crippen molar-refractivity contribution in [2.75, 3.05) is 32.1 Å². The number of benzene rings is 3. The van der Waals surface area contributed by atoms with Gasteiger partial charge in [-0.05, 0) is 85.6 Å². The summed E-state index contributed by atoms with van der Waals surface area (Å²) in [5, 5.41) is 2.81. The highest BCUT2D eigenvalue weighted by Gasteiger charge is 2.26. The zero-order valence-corrected chi connectivity index (χ0v) is 21.8. The molecule has 2 heterocycles. The molecule has 0 unspecified atom stereocenters. The number of anilines is 1. The van der Waals surface area contributed by atoms with Crippen molar-refractivity contribution in [1.82, 2.24) is 14.5 Å². The number of hydrogen-bond donors (Lipinski definition) is 1. The van der Waals surface area contributed by atoms with Crippen LogP contribution in [0, 0.1) is 11.6 Å². The van der Waals surface area contributed by atoms with Crippen LogP contribution in [0.5, 0.6) is 5.75 Å². The van der Waals surface area contributed by atoms with E-state index in [1.165, 1.54) is 41.3 Å². The summed E-state index contributed by atoms with van der Waals surface area (Å²) >= 11 is 0. The number of rotatable bonds is 9. The van der Waals surface area contributed by atoms with Crippen LogP contribution < -0.4 is 10.1 Å². The minimum absolute atomic E-state index is 0.194. The third-order valence-corrected chi connectivity index (χ3v) is 6.61. The van der Waals surface area contributed by atoms with Gasteiger partial charge in [-0.2, -0.15) is 0 Å². The summed E-state index contributed by atoms with van der Waals surface area (Å²) in [7, 11) is 1.58. The summed E-state index contributed by atoms with van der Waals surface area (Å²) in [6.45, 7) is 0.538. The van der Waals surface area contributed by atoms with Crippen LogP contribution in [0.3, 0.4) is 0 Å². The first kappa shape index (κ1) is 27.0. The van der Waals surface area contributed by atoms with E-state index >= 15 is 0 Å². The van der Waals surface area contributed by atoms with Gasteiger partial charge in [0.15, 0.2) is 0 Å². The van der Waals surface area contributed by atoms with Crippen molar-refractivity contribution in [1.29, 1.82) is 0 Å². The Morgan fingerprint density at radius 1 is 1.02 bits per heavy atom. The van der Waals surface area contributed by atoms with Gasteiger partial charge in [0.1, 0.15) is 23.9 Å². The standard InChI is InChI=1S/C30H28F2N4O4/c1-39-25-14-6-20(7-15-25)27-18-36(24-12-10-23(32)11-13-24)30(33-27)34-28(37)19-35(17-26-3-2-16-40-26)29(38)21-4-8-22(31)9-5-21/h4-15,18,26H,2-3,16-17,19H2,1H3,(H,33,34,37)/t26-/m1/s1. The molecule has 0 radical (unpaired) electrons. The van der Waals surface area contributed by atoms with Crippen LogP contribution >= 0.6 is 0 Å². The van der Waals surface area contributed by atoms with Gasteiger partial charge in [0.2, 0.25) is 11.9 Å². The Morgan fingerprint density at radius 2 is 1.70 bits per heavy atom. The Morgan fingerprint density at radius 3 is 2.33 bits per heavy atom. The molecule has 1 N–H and O–H groups in total. The number of methoxy groups -OCH3 is 1. The molecule has 1 saturated heterocycles. The molecular weight excluding hydrogens is 518 g/mol.